The first kappa shape index (κ1) is 15.0. The van der Waals surface area contributed by atoms with E-state index in [1.807, 2.05) is 45.0 Å². The average Bonchev–Trinajstić information content (AvgIpc) is 2.74. The summed E-state index contributed by atoms with van der Waals surface area (Å²) in [6.45, 7) is 5.82. The van der Waals surface area contributed by atoms with Gasteiger partial charge in [0.1, 0.15) is 0 Å². The van der Waals surface area contributed by atoms with Gasteiger partial charge in [0, 0.05) is 0 Å². The number of carbonyl (C=O) groups is 2. The van der Waals surface area contributed by atoms with Gasteiger partial charge in [-0.15, -0.1) is 0 Å². The fourth-order valence-corrected chi connectivity index (χ4v) is 2.60. The third-order valence-electron chi connectivity index (χ3n) is 4.15. The fraction of sp³-hybridized carbons (Fsp3) is 0.158. The summed E-state index contributed by atoms with van der Waals surface area (Å²) in [6.07, 6.45) is 0. The molecule has 1 aliphatic rings. The molecule has 0 saturated heterocycles. The molecule has 2 amide bonds. The van der Waals surface area contributed by atoms with Crippen LogP contribution < -0.4 is 4.90 Å². The molecule has 1 N–H and O–H groups in total. The van der Waals surface area contributed by atoms with Crippen LogP contribution in [-0.2, 0) is 9.59 Å². The Bertz CT molecular complexity index is 847. The number of hydrogen-bond donors (Lipinski definition) is 1. The molecule has 0 saturated carbocycles. The van der Waals surface area contributed by atoms with Crippen molar-refractivity contribution in [1.29, 1.82) is 0 Å². The van der Waals surface area contributed by atoms with Crippen LogP contribution in [0.2, 0.25) is 0 Å². The van der Waals surface area contributed by atoms with Crippen LogP contribution in [0.5, 0.6) is 0 Å². The lowest BCUT2D eigenvalue weighted by atomic mass is 10.00. The van der Waals surface area contributed by atoms with Crippen molar-refractivity contribution in [3.63, 3.8) is 0 Å². The predicted octanol–water partition coefficient (Wildman–Crippen LogP) is 3.45. The Morgan fingerprint density at radius 3 is 2.09 bits per heavy atom. The molecule has 1 aliphatic heterocycles. The zero-order valence-electron chi connectivity index (χ0n) is 13.3. The van der Waals surface area contributed by atoms with Gasteiger partial charge in [0.05, 0.1) is 11.3 Å². The minimum absolute atomic E-state index is 0.0543. The number of anilines is 1. The molecule has 23 heavy (non-hydrogen) atoms. The monoisotopic (exact) mass is 307 g/mol. The number of benzene rings is 2. The van der Waals surface area contributed by atoms with Crippen molar-refractivity contribution in [3.8, 4) is 0 Å². The number of rotatable bonds is 2. The van der Waals surface area contributed by atoms with E-state index in [1.165, 1.54) is 0 Å². The molecule has 2 aromatic rings. The zero-order valence-corrected chi connectivity index (χ0v) is 13.3. The topological polar surface area (TPSA) is 57.6 Å². The Hall–Kier alpha value is -2.88. The minimum atomic E-state index is -0.688. The summed E-state index contributed by atoms with van der Waals surface area (Å²) >= 11 is 0. The van der Waals surface area contributed by atoms with Gasteiger partial charge >= 0.3 is 5.91 Å². The van der Waals surface area contributed by atoms with Crippen molar-refractivity contribution >= 4 is 23.1 Å². The van der Waals surface area contributed by atoms with Crippen LogP contribution in [-0.4, -0.2) is 16.9 Å². The molecule has 0 aromatic heterocycles. The van der Waals surface area contributed by atoms with Gasteiger partial charge in [-0.05, 0) is 49.6 Å². The van der Waals surface area contributed by atoms with Crippen LogP contribution in [0.15, 0.2) is 48.2 Å². The molecule has 4 heteroatoms. The maximum atomic E-state index is 12.7. The van der Waals surface area contributed by atoms with E-state index in [-0.39, 0.29) is 5.57 Å². The molecule has 1 heterocycles. The third-order valence-corrected chi connectivity index (χ3v) is 4.15. The highest BCUT2D eigenvalue weighted by molar-refractivity contribution is 6.44. The summed E-state index contributed by atoms with van der Waals surface area (Å²) in [4.78, 5) is 26.0. The van der Waals surface area contributed by atoms with E-state index in [1.54, 1.807) is 18.2 Å². The lowest BCUT2D eigenvalue weighted by Crippen LogP contribution is -2.31. The number of aliphatic hydroxyl groups is 1. The first-order chi connectivity index (χ1) is 10.9. The number of hydrogen-bond acceptors (Lipinski definition) is 3. The number of nitrogens with zero attached hydrogens (tertiary/aromatic N) is 1. The van der Waals surface area contributed by atoms with Crippen molar-refractivity contribution in [2.75, 3.05) is 4.90 Å². The van der Waals surface area contributed by atoms with Gasteiger partial charge in [-0.25, -0.2) is 4.90 Å². The van der Waals surface area contributed by atoms with E-state index < -0.39 is 17.6 Å². The van der Waals surface area contributed by atoms with Crippen LogP contribution in [0.3, 0.4) is 0 Å². The number of aryl methyl sites for hydroxylation is 3. The lowest BCUT2D eigenvalue weighted by molar-refractivity contribution is -0.121. The van der Waals surface area contributed by atoms with Crippen molar-refractivity contribution in [2.24, 2.45) is 0 Å². The molecule has 0 fully saturated rings. The lowest BCUT2D eigenvalue weighted by Gasteiger charge is -2.14. The van der Waals surface area contributed by atoms with Gasteiger partial charge in [-0.2, -0.15) is 0 Å². The zero-order chi connectivity index (χ0) is 16.7. The molecule has 0 spiro atoms. The molecular formula is C19H17NO3. The standard InChI is InChI=1S/C19H17NO3/c1-11-4-8-15(9-5-11)20-18(22)16(17(21)19(20)23)14-7-6-12(2)13(3)10-14/h4-10,21H,1-3H3. The van der Waals surface area contributed by atoms with Gasteiger partial charge in [0.25, 0.3) is 5.91 Å². The molecule has 4 nitrogen and oxygen atoms in total. The summed E-state index contributed by atoms with van der Waals surface area (Å²) < 4.78 is 0. The normalized spacial score (nSPS) is 14.8. The van der Waals surface area contributed by atoms with Gasteiger partial charge < -0.3 is 5.11 Å². The first-order valence-electron chi connectivity index (χ1n) is 7.36. The highest BCUT2D eigenvalue weighted by Gasteiger charge is 2.40. The maximum absolute atomic E-state index is 12.7. The molecule has 116 valence electrons. The molecule has 3 rings (SSSR count). The molecule has 0 bridgehead atoms. The summed E-state index contributed by atoms with van der Waals surface area (Å²) in [6, 6.07) is 12.5. The first-order valence-corrected chi connectivity index (χ1v) is 7.36. The Kier molecular flexibility index (Phi) is 3.52. The van der Waals surface area contributed by atoms with Gasteiger partial charge in [0.15, 0.2) is 5.76 Å². The molecular weight excluding hydrogens is 290 g/mol. The number of aliphatic hydroxyl groups excluding tert-OH is 1. The average molecular weight is 307 g/mol. The second-order valence-electron chi connectivity index (χ2n) is 5.80. The van der Waals surface area contributed by atoms with E-state index >= 15 is 0 Å². The van der Waals surface area contributed by atoms with E-state index in [9.17, 15) is 14.7 Å². The van der Waals surface area contributed by atoms with Crippen molar-refractivity contribution in [3.05, 3.63) is 70.5 Å². The summed E-state index contributed by atoms with van der Waals surface area (Å²) in [5.41, 5.74) is 4.17. The molecule has 0 aliphatic carbocycles. The number of imide groups is 1. The van der Waals surface area contributed by atoms with E-state index in [4.69, 9.17) is 0 Å². The highest BCUT2D eigenvalue weighted by Crippen LogP contribution is 2.32. The second kappa shape index (κ2) is 5.39. The van der Waals surface area contributed by atoms with Gasteiger partial charge in [-0.3, -0.25) is 9.59 Å². The Morgan fingerprint density at radius 2 is 1.48 bits per heavy atom. The quantitative estimate of drug-likeness (QED) is 0.865. The van der Waals surface area contributed by atoms with Crippen molar-refractivity contribution < 1.29 is 14.7 Å². The summed E-state index contributed by atoms with van der Waals surface area (Å²) in [7, 11) is 0. The SMILES string of the molecule is Cc1ccc(N2C(=O)C(O)=C(c3ccc(C)c(C)c3)C2=O)cc1. The Labute approximate surface area is 134 Å². The van der Waals surface area contributed by atoms with Gasteiger partial charge in [0.2, 0.25) is 0 Å². The third kappa shape index (κ3) is 2.42. The molecule has 2 aromatic carbocycles. The van der Waals surface area contributed by atoms with Crippen LogP contribution >= 0.6 is 0 Å². The highest BCUT2D eigenvalue weighted by atomic mass is 16.3. The van der Waals surface area contributed by atoms with Gasteiger partial charge in [-0.1, -0.05) is 35.9 Å². The van der Waals surface area contributed by atoms with E-state index in [2.05, 4.69) is 0 Å². The van der Waals surface area contributed by atoms with Crippen LogP contribution in [0.1, 0.15) is 22.3 Å². The Morgan fingerprint density at radius 1 is 0.826 bits per heavy atom. The second-order valence-corrected chi connectivity index (χ2v) is 5.80. The summed E-state index contributed by atoms with van der Waals surface area (Å²) in [5, 5.41) is 10.2. The maximum Gasteiger partial charge on any atom is 0.301 e. The van der Waals surface area contributed by atoms with Crippen LogP contribution in [0.25, 0.3) is 5.57 Å². The van der Waals surface area contributed by atoms with E-state index in [0.717, 1.165) is 21.6 Å². The van der Waals surface area contributed by atoms with Crippen LogP contribution in [0.4, 0.5) is 5.69 Å². The number of amides is 2. The molecule has 0 unspecified atom stereocenters. The van der Waals surface area contributed by atoms with Crippen molar-refractivity contribution in [1.82, 2.24) is 0 Å². The molecule has 0 atom stereocenters. The van der Waals surface area contributed by atoms with Crippen molar-refractivity contribution in [2.45, 2.75) is 20.8 Å². The fourth-order valence-electron chi connectivity index (χ4n) is 2.60. The van der Waals surface area contributed by atoms with E-state index in [0.29, 0.717) is 11.3 Å². The summed E-state index contributed by atoms with van der Waals surface area (Å²) in [5.74, 6) is -1.69. The molecule has 0 radical (unpaired) electrons. The Balaban J connectivity index is 2.05. The number of carbonyl (C=O) groups excluding carboxylic acids is 2. The van der Waals surface area contributed by atoms with Crippen LogP contribution in [0, 0.1) is 20.8 Å². The minimum Gasteiger partial charge on any atom is -0.502 e. The smallest absolute Gasteiger partial charge is 0.301 e. The largest absolute Gasteiger partial charge is 0.502 e. The predicted molar refractivity (Wildman–Crippen MR) is 89.1 cm³/mol.